The van der Waals surface area contributed by atoms with Crippen LogP contribution in [-0.2, 0) is 4.79 Å². The van der Waals surface area contributed by atoms with Crippen molar-refractivity contribution in [3.63, 3.8) is 0 Å². The molecule has 26 heavy (non-hydrogen) atoms. The molecule has 1 atom stereocenters. The summed E-state index contributed by atoms with van der Waals surface area (Å²) in [5.41, 5.74) is 1.18. The molecular weight excluding hydrogens is 344 g/mol. The lowest BCUT2D eigenvalue weighted by Crippen LogP contribution is -2.49. The van der Waals surface area contributed by atoms with E-state index in [1.54, 1.807) is 11.3 Å². The van der Waals surface area contributed by atoms with Gasteiger partial charge in [0.1, 0.15) is 0 Å². The summed E-state index contributed by atoms with van der Waals surface area (Å²) in [6.07, 6.45) is 2.80. The second-order valence-corrected chi connectivity index (χ2v) is 8.11. The Morgan fingerprint density at radius 3 is 2.54 bits per heavy atom. The quantitative estimate of drug-likeness (QED) is 0.811. The van der Waals surface area contributed by atoms with Crippen LogP contribution in [0.4, 0.5) is 5.13 Å². The SMILES string of the molecule is CC(C)C[C@@H](NC(=O)CN1CCN(c2nccs2)CC1)c1ccccc1. The van der Waals surface area contributed by atoms with Gasteiger partial charge >= 0.3 is 0 Å². The lowest BCUT2D eigenvalue weighted by atomic mass is 9.97. The Kier molecular flexibility index (Phi) is 6.63. The van der Waals surface area contributed by atoms with Gasteiger partial charge in [-0.15, -0.1) is 11.3 Å². The van der Waals surface area contributed by atoms with E-state index in [0.29, 0.717) is 12.5 Å². The van der Waals surface area contributed by atoms with Crippen LogP contribution in [0, 0.1) is 5.92 Å². The van der Waals surface area contributed by atoms with Crippen LogP contribution in [-0.4, -0.2) is 48.5 Å². The Labute approximate surface area is 160 Å². The number of aromatic nitrogens is 1. The summed E-state index contributed by atoms with van der Waals surface area (Å²) < 4.78 is 0. The minimum Gasteiger partial charge on any atom is -0.348 e. The first-order chi connectivity index (χ1) is 12.6. The molecule has 140 valence electrons. The highest BCUT2D eigenvalue weighted by atomic mass is 32.1. The summed E-state index contributed by atoms with van der Waals surface area (Å²) in [5, 5.41) is 6.33. The third-order valence-corrected chi connectivity index (χ3v) is 5.51. The molecule has 0 radical (unpaired) electrons. The second kappa shape index (κ2) is 9.14. The van der Waals surface area contributed by atoms with E-state index in [2.05, 4.69) is 46.1 Å². The minimum atomic E-state index is 0.0836. The van der Waals surface area contributed by atoms with Gasteiger partial charge in [-0.3, -0.25) is 9.69 Å². The largest absolute Gasteiger partial charge is 0.348 e. The van der Waals surface area contributed by atoms with Gasteiger partial charge in [0.15, 0.2) is 5.13 Å². The number of nitrogens with one attached hydrogen (secondary N) is 1. The van der Waals surface area contributed by atoms with Gasteiger partial charge in [-0.1, -0.05) is 44.2 Å². The first-order valence-electron chi connectivity index (χ1n) is 9.33. The number of anilines is 1. The van der Waals surface area contributed by atoms with Crippen molar-refractivity contribution in [3.8, 4) is 0 Å². The standard InChI is InChI=1S/C20H28N4OS/c1-16(2)14-18(17-6-4-3-5-7-17)22-19(25)15-23-9-11-24(12-10-23)20-21-8-13-26-20/h3-8,13,16,18H,9-12,14-15H2,1-2H3,(H,22,25)/t18-/m1/s1. The molecule has 1 saturated heterocycles. The van der Waals surface area contributed by atoms with E-state index in [1.165, 1.54) is 5.56 Å². The molecule has 1 N–H and O–H groups in total. The number of rotatable bonds is 7. The van der Waals surface area contributed by atoms with Gasteiger partial charge in [-0.05, 0) is 17.9 Å². The fraction of sp³-hybridized carbons (Fsp3) is 0.500. The summed E-state index contributed by atoms with van der Waals surface area (Å²) >= 11 is 1.67. The molecular formula is C20H28N4OS. The van der Waals surface area contributed by atoms with Gasteiger partial charge in [0, 0.05) is 37.8 Å². The van der Waals surface area contributed by atoms with E-state index in [-0.39, 0.29) is 11.9 Å². The molecule has 1 fully saturated rings. The molecule has 1 aliphatic heterocycles. The van der Waals surface area contributed by atoms with Crippen LogP contribution in [0.5, 0.6) is 0 Å². The summed E-state index contributed by atoms with van der Waals surface area (Å²) in [5.74, 6) is 0.643. The van der Waals surface area contributed by atoms with Crippen molar-refractivity contribution in [2.45, 2.75) is 26.3 Å². The molecule has 1 aromatic heterocycles. The summed E-state index contributed by atoms with van der Waals surface area (Å²) in [6.45, 7) is 8.50. The number of carbonyl (C=O) groups is 1. The predicted molar refractivity (Wildman–Crippen MR) is 108 cm³/mol. The number of piperazine rings is 1. The topological polar surface area (TPSA) is 48.5 Å². The maximum absolute atomic E-state index is 12.6. The van der Waals surface area contributed by atoms with Crippen molar-refractivity contribution in [2.75, 3.05) is 37.6 Å². The van der Waals surface area contributed by atoms with E-state index in [1.807, 2.05) is 29.8 Å². The molecule has 6 heteroatoms. The maximum Gasteiger partial charge on any atom is 0.234 e. The zero-order chi connectivity index (χ0) is 18.4. The highest BCUT2D eigenvalue weighted by molar-refractivity contribution is 7.13. The van der Waals surface area contributed by atoms with Crippen LogP contribution in [0.25, 0.3) is 0 Å². The lowest BCUT2D eigenvalue weighted by molar-refractivity contribution is -0.123. The molecule has 1 amide bonds. The van der Waals surface area contributed by atoms with Gasteiger partial charge in [-0.2, -0.15) is 0 Å². The molecule has 5 nitrogen and oxygen atoms in total. The van der Waals surface area contributed by atoms with Crippen LogP contribution >= 0.6 is 11.3 Å². The van der Waals surface area contributed by atoms with E-state index < -0.39 is 0 Å². The van der Waals surface area contributed by atoms with Crippen LogP contribution < -0.4 is 10.2 Å². The van der Waals surface area contributed by atoms with Crippen molar-refractivity contribution in [2.24, 2.45) is 5.92 Å². The van der Waals surface area contributed by atoms with Gasteiger partial charge < -0.3 is 10.2 Å². The van der Waals surface area contributed by atoms with Crippen molar-refractivity contribution < 1.29 is 4.79 Å². The van der Waals surface area contributed by atoms with E-state index in [4.69, 9.17) is 0 Å². The Morgan fingerprint density at radius 1 is 1.19 bits per heavy atom. The summed E-state index contributed by atoms with van der Waals surface area (Å²) in [7, 11) is 0. The first kappa shape index (κ1) is 18.9. The fourth-order valence-corrected chi connectivity index (χ4v) is 4.04. The molecule has 2 heterocycles. The number of benzene rings is 1. The van der Waals surface area contributed by atoms with Gasteiger partial charge in [0.05, 0.1) is 12.6 Å². The first-order valence-corrected chi connectivity index (χ1v) is 10.2. The smallest absolute Gasteiger partial charge is 0.234 e. The zero-order valence-corrected chi connectivity index (χ0v) is 16.4. The summed E-state index contributed by atoms with van der Waals surface area (Å²) in [6, 6.07) is 10.4. The molecule has 0 unspecified atom stereocenters. The lowest BCUT2D eigenvalue weighted by Gasteiger charge is -2.34. The van der Waals surface area contributed by atoms with Crippen molar-refractivity contribution >= 4 is 22.4 Å². The minimum absolute atomic E-state index is 0.0836. The van der Waals surface area contributed by atoms with Crippen LogP contribution in [0.1, 0.15) is 31.9 Å². The zero-order valence-electron chi connectivity index (χ0n) is 15.6. The maximum atomic E-state index is 12.6. The average Bonchev–Trinajstić information content (AvgIpc) is 3.17. The molecule has 0 saturated carbocycles. The molecule has 0 spiro atoms. The predicted octanol–water partition coefficient (Wildman–Crippen LogP) is 3.17. The van der Waals surface area contributed by atoms with Gasteiger partial charge in [0.2, 0.25) is 5.91 Å². The van der Waals surface area contributed by atoms with Crippen LogP contribution in [0.2, 0.25) is 0 Å². The number of hydrogen-bond acceptors (Lipinski definition) is 5. The van der Waals surface area contributed by atoms with Gasteiger partial charge in [-0.25, -0.2) is 4.98 Å². The number of thiazole rings is 1. The highest BCUT2D eigenvalue weighted by Gasteiger charge is 2.22. The molecule has 0 bridgehead atoms. The molecule has 3 rings (SSSR count). The molecule has 1 aliphatic rings. The molecule has 2 aromatic rings. The number of hydrogen-bond donors (Lipinski definition) is 1. The second-order valence-electron chi connectivity index (χ2n) is 7.24. The van der Waals surface area contributed by atoms with E-state index in [0.717, 1.165) is 37.7 Å². The van der Waals surface area contributed by atoms with Crippen molar-refractivity contribution in [3.05, 3.63) is 47.5 Å². The van der Waals surface area contributed by atoms with Crippen molar-refractivity contribution in [1.29, 1.82) is 0 Å². The van der Waals surface area contributed by atoms with Crippen LogP contribution in [0.3, 0.4) is 0 Å². The summed E-state index contributed by atoms with van der Waals surface area (Å²) in [4.78, 5) is 21.5. The van der Waals surface area contributed by atoms with E-state index >= 15 is 0 Å². The highest BCUT2D eigenvalue weighted by Crippen LogP contribution is 2.21. The number of nitrogens with zero attached hydrogens (tertiary/aromatic N) is 3. The normalized spacial score (nSPS) is 16.7. The number of carbonyl (C=O) groups excluding carboxylic acids is 1. The third-order valence-electron chi connectivity index (χ3n) is 4.67. The fourth-order valence-electron chi connectivity index (χ4n) is 3.35. The Hall–Kier alpha value is -1.92. The van der Waals surface area contributed by atoms with E-state index in [9.17, 15) is 4.79 Å². The Bertz CT molecular complexity index is 666. The Balaban J connectivity index is 1.51. The van der Waals surface area contributed by atoms with Crippen LogP contribution in [0.15, 0.2) is 41.9 Å². The monoisotopic (exact) mass is 372 g/mol. The van der Waals surface area contributed by atoms with Crippen molar-refractivity contribution in [1.82, 2.24) is 15.2 Å². The average molecular weight is 373 g/mol. The van der Waals surface area contributed by atoms with Gasteiger partial charge in [0.25, 0.3) is 0 Å². The molecule has 1 aromatic carbocycles. The third kappa shape index (κ3) is 5.29. The molecule has 0 aliphatic carbocycles. The number of amides is 1. The Morgan fingerprint density at radius 2 is 1.92 bits per heavy atom.